The molecule has 1 spiro atoms. The molecule has 5 rings (SSSR count). The molecule has 0 amide bonds. The molecule has 8 atom stereocenters. The van der Waals surface area contributed by atoms with Gasteiger partial charge in [-0.3, -0.25) is 9.59 Å². The van der Waals surface area contributed by atoms with Crippen molar-refractivity contribution in [2.45, 2.75) is 96.4 Å². The quantitative estimate of drug-likeness (QED) is 0.711. The fourth-order valence-electron chi connectivity index (χ4n) is 8.31. The molecule has 1 unspecified atom stereocenters. The highest BCUT2D eigenvalue weighted by molar-refractivity contribution is 5.92. The lowest BCUT2D eigenvalue weighted by Crippen LogP contribution is -2.63. The molecule has 4 aliphatic carbocycles. The van der Waals surface area contributed by atoms with Crippen LogP contribution in [-0.2, 0) is 19.1 Å². The van der Waals surface area contributed by atoms with E-state index in [-0.39, 0.29) is 57.6 Å². The Morgan fingerprint density at radius 3 is 2.63 bits per heavy atom. The van der Waals surface area contributed by atoms with Gasteiger partial charge in [-0.2, -0.15) is 0 Å². The Morgan fingerprint density at radius 1 is 1.23 bits per heavy atom. The average Bonchev–Trinajstić information content (AvgIpc) is 3.32. The van der Waals surface area contributed by atoms with E-state index in [1.54, 1.807) is 19.9 Å². The first-order chi connectivity index (χ1) is 14.0. The minimum Gasteiger partial charge on any atom is -0.389 e. The van der Waals surface area contributed by atoms with Crippen LogP contribution >= 0.6 is 0 Å². The second-order valence-corrected chi connectivity index (χ2v) is 11.3. The Balaban J connectivity index is 1.59. The van der Waals surface area contributed by atoms with Crippen LogP contribution in [0.5, 0.6) is 0 Å². The van der Waals surface area contributed by atoms with E-state index in [1.807, 2.05) is 0 Å². The fraction of sp³-hybridized carbons (Fsp3) is 0.800. The lowest BCUT2D eigenvalue weighted by molar-refractivity contribution is -0.144. The number of hydrogen-bond acceptors (Lipinski definition) is 5. The number of rotatable bonds is 4. The monoisotopic (exact) mass is 414 g/mol. The maximum atomic E-state index is 12.9. The summed E-state index contributed by atoms with van der Waals surface area (Å²) in [6.07, 6.45) is 6.97. The molecule has 5 nitrogen and oxygen atoms in total. The third kappa shape index (κ3) is 2.34. The molecule has 30 heavy (non-hydrogen) atoms. The Kier molecular flexibility index (Phi) is 4.20. The molecule has 1 N–H and O–H groups in total. The number of carbonyl (C=O) groups excluding carboxylic acids is 3. The van der Waals surface area contributed by atoms with E-state index >= 15 is 0 Å². The summed E-state index contributed by atoms with van der Waals surface area (Å²) in [5.74, 6) is 0.533. The predicted molar refractivity (Wildman–Crippen MR) is 111 cm³/mol. The van der Waals surface area contributed by atoms with Gasteiger partial charge in [0.1, 0.15) is 17.2 Å². The van der Waals surface area contributed by atoms with Gasteiger partial charge < -0.3 is 14.6 Å². The van der Waals surface area contributed by atoms with E-state index in [2.05, 4.69) is 13.8 Å². The molecule has 4 fully saturated rings. The highest BCUT2D eigenvalue weighted by atomic mass is 16.6. The summed E-state index contributed by atoms with van der Waals surface area (Å²) in [5, 5.41) is 11.7. The molecule has 3 saturated carbocycles. The second-order valence-electron chi connectivity index (χ2n) is 11.3. The number of hydrogen-bond donors (Lipinski definition) is 1. The van der Waals surface area contributed by atoms with Crippen molar-refractivity contribution in [2.75, 3.05) is 0 Å². The number of aliphatic hydroxyl groups is 1. The fourth-order valence-corrected chi connectivity index (χ4v) is 8.31. The zero-order chi connectivity index (χ0) is 21.7. The van der Waals surface area contributed by atoms with Gasteiger partial charge in [-0.25, -0.2) is 0 Å². The van der Waals surface area contributed by atoms with Gasteiger partial charge in [-0.05, 0) is 64.4 Å². The summed E-state index contributed by atoms with van der Waals surface area (Å²) < 4.78 is 6.60. The van der Waals surface area contributed by atoms with E-state index in [0.29, 0.717) is 32.1 Å². The van der Waals surface area contributed by atoms with Crippen LogP contribution in [0.3, 0.4) is 0 Å². The van der Waals surface area contributed by atoms with Crippen LogP contribution in [0.4, 0.5) is 0 Å². The van der Waals surface area contributed by atoms with E-state index in [0.717, 1.165) is 24.8 Å². The summed E-state index contributed by atoms with van der Waals surface area (Å²) in [7, 11) is 0. The molecule has 0 bridgehead atoms. The summed E-state index contributed by atoms with van der Waals surface area (Å²) in [4.78, 5) is 36.7. The Morgan fingerprint density at radius 2 is 1.97 bits per heavy atom. The average molecular weight is 415 g/mol. The van der Waals surface area contributed by atoms with E-state index < -0.39 is 5.60 Å². The standard InChI is InChI=1S/C25H34O5/c1-14(26)5-9-24(29)10-7-19-21-18(15(2)27)12-16-11-17(28)6-8-22(16,3)25(21)20(30-25)13-23(19,24)4/h11,18-21,29H,5-10,12-13H2,1-4H3/t18-,19-,20+,21-,22-,23-,24-,25?/m0/s1. The van der Waals surface area contributed by atoms with Gasteiger partial charge in [0.15, 0.2) is 5.78 Å². The highest BCUT2D eigenvalue weighted by Crippen LogP contribution is 2.77. The first-order valence-corrected chi connectivity index (χ1v) is 11.6. The number of epoxide rings is 1. The smallest absolute Gasteiger partial charge is 0.155 e. The van der Waals surface area contributed by atoms with Gasteiger partial charge in [0.25, 0.3) is 0 Å². The van der Waals surface area contributed by atoms with Gasteiger partial charge in [-0.15, -0.1) is 0 Å². The number of ether oxygens (including phenoxy) is 1. The van der Waals surface area contributed by atoms with E-state index in [4.69, 9.17) is 4.74 Å². The van der Waals surface area contributed by atoms with Gasteiger partial charge in [0, 0.05) is 35.5 Å². The number of carbonyl (C=O) groups is 3. The lowest BCUT2D eigenvalue weighted by atomic mass is 9.43. The zero-order valence-electron chi connectivity index (χ0n) is 18.6. The molecule has 0 aromatic rings. The van der Waals surface area contributed by atoms with Gasteiger partial charge in [-0.1, -0.05) is 19.4 Å². The van der Waals surface area contributed by atoms with Crippen molar-refractivity contribution >= 4 is 17.3 Å². The maximum absolute atomic E-state index is 12.9. The van der Waals surface area contributed by atoms with Crippen molar-refractivity contribution in [1.29, 1.82) is 0 Å². The lowest BCUT2D eigenvalue weighted by Gasteiger charge is -2.59. The Labute approximate surface area is 178 Å². The first-order valence-electron chi connectivity index (χ1n) is 11.6. The van der Waals surface area contributed by atoms with Crippen molar-refractivity contribution in [2.24, 2.45) is 28.6 Å². The van der Waals surface area contributed by atoms with E-state index in [1.165, 1.54) is 0 Å². The third-order valence-corrected chi connectivity index (χ3v) is 10.1. The summed E-state index contributed by atoms with van der Waals surface area (Å²) in [5.41, 5.74) is -0.727. The largest absolute Gasteiger partial charge is 0.389 e. The van der Waals surface area contributed by atoms with Gasteiger partial charge >= 0.3 is 0 Å². The maximum Gasteiger partial charge on any atom is 0.155 e. The Bertz CT molecular complexity index is 875. The molecule has 1 heterocycles. The van der Waals surface area contributed by atoms with Crippen molar-refractivity contribution in [3.8, 4) is 0 Å². The minimum absolute atomic E-state index is 0.00875. The SMILES string of the molecule is CC(=O)CC[C@]1(O)CC[C@H]2[C@@H]3[C@H](C(C)=O)CC4=CC(=O)CC[C@]4(C)C34O[C@@H]4C[C@@]21C. The molecular weight excluding hydrogens is 380 g/mol. The molecule has 164 valence electrons. The van der Waals surface area contributed by atoms with Crippen molar-refractivity contribution in [1.82, 2.24) is 0 Å². The Hall–Kier alpha value is -1.33. The summed E-state index contributed by atoms with van der Waals surface area (Å²) in [6, 6.07) is 0. The van der Waals surface area contributed by atoms with Crippen molar-refractivity contribution < 1.29 is 24.2 Å². The molecule has 0 radical (unpaired) electrons. The number of fused-ring (bicyclic) bond motifs is 3. The van der Waals surface area contributed by atoms with Crippen LogP contribution in [0.15, 0.2) is 11.6 Å². The molecule has 0 aromatic heterocycles. The van der Waals surface area contributed by atoms with Crippen LogP contribution in [0.25, 0.3) is 0 Å². The predicted octanol–water partition coefficient (Wildman–Crippen LogP) is 3.57. The van der Waals surface area contributed by atoms with Crippen molar-refractivity contribution in [3.63, 3.8) is 0 Å². The topological polar surface area (TPSA) is 84.0 Å². The summed E-state index contributed by atoms with van der Waals surface area (Å²) in [6.45, 7) is 7.67. The van der Waals surface area contributed by atoms with Crippen LogP contribution < -0.4 is 0 Å². The molecule has 0 aromatic carbocycles. The molecular formula is C25H34O5. The highest BCUT2D eigenvalue weighted by Gasteiger charge is 2.82. The molecule has 5 aliphatic rings. The van der Waals surface area contributed by atoms with Crippen molar-refractivity contribution in [3.05, 3.63) is 11.6 Å². The van der Waals surface area contributed by atoms with Gasteiger partial charge in [0.2, 0.25) is 0 Å². The number of ketones is 3. The molecule has 5 heteroatoms. The molecule has 1 aliphatic heterocycles. The second kappa shape index (κ2) is 6.13. The minimum atomic E-state index is -0.887. The van der Waals surface area contributed by atoms with E-state index in [9.17, 15) is 19.5 Å². The van der Waals surface area contributed by atoms with Gasteiger partial charge in [0.05, 0.1) is 11.7 Å². The van der Waals surface area contributed by atoms with Crippen LogP contribution in [0.2, 0.25) is 0 Å². The van der Waals surface area contributed by atoms with Crippen LogP contribution in [-0.4, -0.2) is 39.8 Å². The first kappa shape index (κ1) is 20.6. The normalized spacial score (nSPS) is 51.2. The summed E-state index contributed by atoms with van der Waals surface area (Å²) >= 11 is 0. The van der Waals surface area contributed by atoms with Crippen LogP contribution in [0.1, 0.15) is 79.1 Å². The third-order valence-electron chi connectivity index (χ3n) is 10.1. The molecule has 1 saturated heterocycles. The number of Topliss-reactive ketones (excluding diaryl/α,β-unsaturated/α-hetero) is 2. The zero-order valence-corrected chi connectivity index (χ0v) is 18.6. The van der Waals surface area contributed by atoms with Crippen LogP contribution in [0, 0.1) is 28.6 Å².